The Kier molecular flexibility index (Phi) is 6.34. The van der Waals surface area contributed by atoms with Gasteiger partial charge in [0.1, 0.15) is 5.82 Å². The molecule has 0 bridgehead atoms. The lowest BCUT2D eigenvalue weighted by atomic mass is 10.1. The van der Waals surface area contributed by atoms with Crippen LogP contribution in [0, 0.1) is 5.82 Å². The number of hydrogen-bond donors (Lipinski definition) is 1. The lowest BCUT2D eigenvalue weighted by molar-refractivity contribution is 0.0209. The molecule has 22 heavy (non-hydrogen) atoms. The third kappa shape index (κ3) is 4.26. The number of rotatable bonds is 6. The van der Waals surface area contributed by atoms with Gasteiger partial charge in [0, 0.05) is 19.7 Å². The van der Waals surface area contributed by atoms with E-state index in [9.17, 15) is 12.8 Å². The van der Waals surface area contributed by atoms with E-state index in [1.165, 1.54) is 16.4 Å². The van der Waals surface area contributed by atoms with Gasteiger partial charge in [-0.3, -0.25) is 0 Å². The molecule has 2 rings (SSSR count). The second kappa shape index (κ2) is 7.83. The Morgan fingerprint density at radius 2 is 2.05 bits per heavy atom. The summed E-state index contributed by atoms with van der Waals surface area (Å²) in [6.45, 7) is 1.95. The highest BCUT2D eigenvalue weighted by Crippen LogP contribution is 2.25. The van der Waals surface area contributed by atoms with E-state index < -0.39 is 15.8 Å². The van der Waals surface area contributed by atoms with Gasteiger partial charge in [0.25, 0.3) is 0 Å². The van der Waals surface area contributed by atoms with Crippen LogP contribution in [0.3, 0.4) is 0 Å². The summed E-state index contributed by atoms with van der Waals surface area (Å²) in [6, 6.07) is 3.86. The Bertz CT molecular complexity index is 604. The number of halogens is 2. The highest BCUT2D eigenvalue weighted by atomic mass is 79.9. The number of sulfonamides is 1. The summed E-state index contributed by atoms with van der Waals surface area (Å²) in [5.74, 6) is -0.582. The van der Waals surface area contributed by atoms with Gasteiger partial charge in [0.05, 0.1) is 15.5 Å². The molecule has 5 nitrogen and oxygen atoms in total. The average molecular weight is 395 g/mol. The Hall–Kier alpha value is -0.540. The van der Waals surface area contributed by atoms with Gasteiger partial charge in [0.2, 0.25) is 10.0 Å². The Labute approximate surface area is 138 Å². The standard InChI is InChI=1S/C14H20BrFN2O3S/c15-13-3-2-12(10-14(13)16)22(19,20)18-7-4-11(5-8-18)21-9-1-6-17/h2-3,10-11H,1,4-9,17H2. The summed E-state index contributed by atoms with van der Waals surface area (Å²) in [5.41, 5.74) is 5.41. The monoisotopic (exact) mass is 394 g/mol. The molecule has 1 fully saturated rings. The summed E-state index contributed by atoms with van der Waals surface area (Å²) in [5, 5.41) is 0. The smallest absolute Gasteiger partial charge is 0.243 e. The minimum absolute atomic E-state index is 0.0179. The van der Waals surface area contributed by atoms with E-state index in [0.29, 0.717) is 39.1 Å². The van der Waals surface area contributed by atoms with E-state index in [-0.39, 0.29) is 15.5 Å². The fourth-order valence-electron chi connectivity index (χ4n) is 2.36. The van der Waals surface area contributed by atoms with Gasteiger partial charge < -0.3 is 10.5 Å². The van der Waals surface area contributed by atoms with Crippen LogP contribution in [0.4, 0.5) is 4.39 Å². The van der Waals surface area contributed by atoms with Gasteiger partial charge in [-0.25, -0.2) is 12.8 Å². The molecule has 1 aliphatic heterocycles. The maximum absolute atomic E-state index is 13.6. The molecule has 0 aromatic heterocycles. The lowest BCUT2D eigenvalue weighted by Crippen LogP contribution is -2.41. The first-order chi connectivity index (χ1) is 10.4. The van der Waals surface area contributed by atoms with Crippen LogP contribution < -0.4 is 5.73 Å². The topological polar surface area (TPSA) is 72.6 Å². The molecule has 0 amide bonds. The van der Waals surface area contributed by atoms with Gasteiger partial charge in [-0.2, -0.15) is 4.31 Å². The average Bonchev–Trinajstić information content (AvgIpc) is 2.51. The van der Waals surface area contributed by atoms with Gasteiger partial charge in [-0.05, 0) is 59.9 Å². The fraction of sp³-hybridized carbons (Fsp3) is 0.571. The third-order valence-electron chi connectivity index (χ3n) is 3.63. The van der Waals surface area contributed by atoms with Crippen molar-refractivity contribution < 1.29 is 17.5 Å². The van der Waals surface area contributed by atoms with E-state index in [4.69, 9.17) is 10.5 Å². The molecule has 1 aromatic carbocycles. The van der Waals surface area contributed by atoms with Crippen molar-refractivity contribution >= 4 is 26.0 Å². The van der Waals surface area contributed by atoms with Crippen LogP contribution in [0.15, 0.2) is 27.6 Å². The van der Waals surface area contributed by atoms with E-state index >= 15 is 0 Å². The molecule has 0 radical (unpaired) electrons. The van der Waals surface area contributed by atoms with Crippen LogP contribution in [-0.2, 0) is 14.8 Å². The molecule has 8 heteroatoms. The van der Waals surface area contributed by atoms with Crippen LogP contribution in [0.2, 0.25) is 0 Å². The van der Waals surface area contributed by atoms with Crippen molar-refractivity contribution in [2.24, 2.45) is 5.73 Å². The molecule has 1 saturated heterocycles. The predicted molar refractivity (Wildman–Crippen MR) is 85.5 cm³/mol. The van der Waals surface area contributed by atoms with E-state index in [0.717, 1.165) is 12.5 Å². The maximum atomic E-state index is 13.6. The van der Waals surface area contributed by atoms with Crippen LogP contribution >= 0.6 is 15.9 Å². The number of piperidine rings is 1. The molecule has 0 spiro atoms. The Balaban J connectivity index is 1.98. The summed E-state index contributed by atoms with van der Waals surface area (Å²) in [7, 11) is -3.65. The first kappa shape index (κ1) is 17.8. The van der Waals surface area contributed by atoms with Crippen LogP contribution in [0.5, 0.6) is 0 Å². The van der Waals surface area contributed by atoms with Crippen molar-refractivity contribution in [1.82, 2.24) is 4.31 Å². The summed E-state index contributed by atoms with van der Waals surface area (Å²) in [6.07, 6.45) is 2.15. The summed E-state index contributed by atoms with van der Waals surface area (Å²) >= 11 is 3.02. The number of hydrogen-bond acceptors (Lipinski definition) is 4. The highest BCUT2D eigenvalue weighted by Gasteiger charge is 2.30. The molecule has 0 atom stereocenters. The van der Waals surface area contributed by atoms with E-state index in [1.807, 2.05) is 0 Å². The zero-order valence-electron chi connectivity index (χ0n) is 12.2. The molecule has 0 aliphatic carbocycles. The molecule has 2 N–H and O–H groups in total. The molecule has 1 aromatic rings. The van der Waals surface area contributed by atoms with E-state index in [1.54, 1.807) is 0 Å². The third-order valence-corrected chi connectivity index (χ3v) is 6.17. The molecular formula is C14H20BrFN2O3S. The normalized spacial score (nSPS) is 17.8. The maximum Gasteiger partial charge on any atom is 0.243 e. The number of nitrogens with zero attached hydrogens (tertiary/aromatic N) is 1. The number of benzene rings is 1. The number of ether oxygens (including phenoxy) is 1. The molecule has 1 heterocycles. The van der Waals surface area contributed by atoms with Gasteiger partial charge in [0.15, 0.2) is 0 Å². The number of nitrogens with two attached hydrogens (primary N) is 1. The fourth-order valence-corrected chi connectivity index (χ4v) is 4.09. The minimum Gasteiger partial charge on any atom is -0.378 e. The predicted octanol–water partition coefficient (Wildman–Crippen LogP) is 2.11. The SMILES string of the molecule is NCCCOC1CCN(S(=O)(=O)c2ccc(Br)c(F)c2)CC1. The molecule has 0 saturated carbocycles. The largest absolute Gasteiger partial charge is 0.378 e. The lowest BCUT2D eigenvalue weighted by Gasteiger charge is -2.31. The van der Waals surface area contributed by atoms with Gasteiger partial charge >= 0.3 is 0 Å². The Morgan fingerprint density at radius 3 is 2.64 bits per heavy atom. The first-order valence-corrected chi connectivity index (χ1v) is 9.45. The van der Waals surface area contributed by atoms with Crippen molar-refractivity contribution in [3.8, 4) is 0 Å². The minimum atomic E-state index is -3.65. The van der Waals surface area contributed by atoms with Crippen molar-refractivity contribution in [3.63, 3.8) is 0 Å². The summed E-state index contributed by atoms with van der Waals surface area (Å²) < 4.78 is 45.9. The zero-order valence-corrected chi connectivity index (χ0v) is 14.6. The zero-order chi connectivity index (χ0) is 16.2. The van der Waals surface area contributed by atoms with E-state index in [2.05, 4.69) is 15.9 Å². The molecular weight excluding hydrogens is 375 g/mol. The second-order valence-corrected chi connectivity index (χ2v) is 7.98. The Morgan fingerprint density at radius 1 is 1.36 bits per heavy atom. The van der Waals surface area contributed by atoms with Crippen molar-refractivity contribution in [1.29, 1.82) is 0 Å². The van der Waals surface area contributed by atoms with Gasteiger partial charge in [-0.15, -0.1) is 0 Å². The quantitative estimate of drug-likeness (QED) is 0.749. The van der Waals surface area contributed by atoms with Crippen molar-refractivity contribution in [2.45, 2.75) is 30.3 Å². The highest BCUT2D eigenvalue weighted by molar-refractivity contribution is 9.10. The van der Waals surface area contributed by atoms with Crippen molar-refractivity contribution in [2.75, 3.05) is 26.2 Å². The van der Waals surface area contributed by atoms with Crippen molar-refractivity contribution in [3.05, 3.63) is 28.5 Å². The summed E-state index contributed by atoms with van der Waals surface area (Å²) in [4.78, 5) is -0.0179. The van der Waals surface area contributed by atoms with Gasteiger partial charge in [-0.1, -0.05) is 0 Å². The van der Waals surface area contributed by atoms with Crippen LogP contribution in [-0.4, -0.2) is 45.1 Å². The molecule has 1 aliphatic rings. The second-order valence-electron chi connectivity index (χ2n) is 5.19. The van der Waals surface area contributed by atoms with Crippen LogP contribution in [0.25, 0.3) is 0 Å². The first-order valence-electron chi connectivity index (χ1n) is 7.22. The molecule has 124 valence electrons. The van der Waals surface area contributed by atoms with Crippen LogP contribution in [0.1, 0.15) is 19.3 Å². The molecule has 0 unspecified atom stereocenters.